The molecule has 15 heavy (non-hydrogen) atoms. The van der Waals surface area contributed by atoms with E-state index in [1.807, 2.05) is 0 Å². The van der Waals surface area contributed by atoms with Crippen LogP contribution in [0.2, 0.25) is 0 Å². The molecule has 0 aliphatic heterocycles. The summed E-state index contributed by atoms with van der Waals surface area (Å²) in [5, 5.41) is 5.96. The largest absolute Gasteiger partial charge is 0.351 e. The molecule has 1 rings (SSSR count). The van der Waals surface area contributed by atoms with Crippen LogP contribution in [-0.2, 0) is 7.05 Å². The summed E-state index contributed by atoms with van der Waals surface area (Å²) in [6.45, 7) is 0.597. The van der Waals surface area contributed by atoms with Crippen molar-refractivity contribution in [2.75, 3.05) is 13.1 Å². The molecule has 1 N–H and O–H groups in total. The monoisotopic (exact) mass is 271 g/mol. The minimum atomic E-state index is -0.184. The Kier molecular flexibility index (Phi) is 4.20. The number of carbonyl (C=O) groups is 1. The second kappa shape index (κ2) is 5.43. The Labute approximate surface area is 95.0 Å². The number of aromatic nitrogens is 1. The minimum absolute atomic E-state index is 0.184. The number of rotatable bonds is 4. The Balaban J connectivity index is 2.53. The Morgan fingerprint density at radius 3 is 3.07 bits per heavy atom. The van der Waals surface area contributed by atoms with Crippen molar-refractivity contribution in [2.24, 2.45) is 12.2 Å². The summed E-state index contributed by atoms with van der Waals surface area (Å²) in [4.78, 5) is 14.1. The third-order valence-electron chi connectivity index (χ3n) is 1.76. The molecule has 0 aliphatic rings. The fourth-order valence-electron chi connectivity index (χ4n) is 1.10. The average Bonchev–Trinajstić information content (AvgIpc) is 2.52. The van der Waals surface area contributed by atoms with Crippen LogP contribution in [0.5, 0.6) is 0 Å². The van der Waals surface area contributed by atoms with Gasteiger partial charge in [0.1, 0.15) is 5.69 Å². The van der Waals surface area contributed by atoms with E-state index in [1.165, 1.54) is 0 Å². The molecule has 7 heteroatoms. The number of carbonyl (C=O) groups excluding carboxylic acids is 1. The van der Waals surface area contributed by atoms with Gasteiger partial charge in [0.05, 0.1) is 0 Å². The van der Waals surface area contributed by atoms with Crippen LogP contribution >= 0.6 is 15.9 Å². The lowest BCUT2D eigenvalue weighted by Crippen LogP contribution is -2.27. The van der Waals surface area contributed by atoms with Gasteiger partial charge in [0.15, 0.2) is 0 Å². The van der Waals surface area contributed by atoms with Crippen LogP contribution in [0, 0.1) is 0 Å². The molecule has 80 valence electrons. The number of nitrogens with zero attached hydrogens (tertiary/aromatic N) is 4. The maximum absolute atomic E-state index is 11.6. The smallest absolute Gasteiger partial charge is 0.267 e. The molecule has 0 saturated heterocycles. The van der Waals surface area contributed by atoms with E-state index in [-0.39, 0.29) is 12.5 Å². The fraction of sp³-hybridized carbons (Fsp3) is 0.375. The predicted molar refractivity (Wildman–Crippen MR) is 59.5 cm³/mol. The van der Waals surface area contributed by atoms with Crippen molar-refractivity contribution in [3.63, 3.8) is 0 Å². The summed E-state index contributed by atoms with van der Waals surface area (Å²) in [7, 11) is 1.78. The van der Waals surface area contributed by atoms with E-state index in [0.29, 0.717) is 12.2 Å². The summed E-state index contributed by atoms with van der Waals surface area (Å²) in [5.74, 6) is -0.184. The number of nitrogens with one attached hydrogen (secondary N) is 1. The summed E-state index contributed by atoms with van der Waals surface area (Å²) in [6, 6.07) is 1.73. The summed E-state index contributed by atoms with van der Waals surface area (Å²) in [5.41, 5.74) is 8.59. The molecule has 1 aromatic heterocycles. The Morgan fingerprint density at radius 2 is 2.53 bits per heavy atom. The van der Waals surface area contributed by atoms with Crippen LogP contribution in [0.1, 0.15) is 10.5 Å². The number of aryl methyl sites for hydroxylation is 1. The second-order valence-corrected chi connectivity index (χ2v) is 3.78. The zero-order valence-electron chi connectivity index (χ0n) is 8.14. The maximum Gasteiger partial charge on any atom is 0.267 e. The number of halogens is 1. The Hall–Kier alpha value is -1.46. The van der Waals surface area contributed by atoms with Crippen LogP contribution in [0.15, 0.2) is 21.9 Å². The highest BCUT2D eigenvalue weighted by Crippen LogP contribution is 2.13. The van der Waals surface area contributed by atoms with Gasteiger partial charge in [-0.05, 0) is 27.5 Å². The summed E-state index contributed by atoms with van der Waals surface area (Å²) >= 11 is 3.28. The molecule has 1 amide bonds. The molecule has 0 aromatic carbocycles. The topological polar surface area (TPSA) is 82.8 Å². The third kappa shape index (κ3) is 3.30. The molecular weight excluding hydrogens is 262 g/mol. The van der Waals surface area contributed by atoms with Crippen molar-refractivity contribution in [3.8, 4) is 0 Å². The lowest BCUT2D eigenvalue weighted by atomic mass is 10.4. The lowest BCUT2D eigenvalue weighted by Gasteiger charge is -2.03. The SMILES string of the molecule is Cn1cc(Br)cc1C(=O)NCCN=[N+]=[N-]. The first-order chi connectivity index (χ1) is 7.15. The first kappa shape index (κ1) is 11.6. The van der Waals surface area contributed by atoms with E-state index in [2.05, 4.69) is 31.3 Å². The first-order valence-electron chi connectivity index (χ1n) is 4.26. The van der Waals surface area contributed by atoms with Crippen molar-refractivity contribution < 1.29 is 4.79 Å². The lowest BCUT2D eigenvalue weighted by molar-refractivity contribution is 0.0946. The van der Waals surface area contributed by atoms with Gasteiger partial charge < -0.3 is 9.88 Å². The molecule has 0 fully saturated rings. The molecule has 0 saturated carbocycles. The number of hydrogen-bond acceptors (Lipinski definition) is 2. The molecular formula is C8H10BrN5O. The van der Waals surface area contributed by atoms with Crippen LogP contribution in [-0.4, -0.2) is 23.6 Å². The fourth-order valence-corrected chi connectivity index (χ4v) is 1.63. The van der Waals surface area contributed by atoms with Gasteiger partial charge >= 0.3 is 0 Å². The van der Waals surface area contributed by atoms with E-state index < -0.39 is 0 Å². The molecule has 0 spiro atoms. The molecule has 1 heterocycles. The molecule has 6 nitrogen and oxygen atoms in total. The van der Waals surface area contributed by atoms with Gasteiger partial charge in [-0.2, -0.15) is 0 Å². The van der Waals surface area contributed by atoms with Gasteiger partial charge in [0.2, 0.25) is 0 Å². The number of hydrogen-bond donors (Lipinski definition) is 1. The standard InChI is InChI=1S/C8H10BrN5O/c1-14-5-6(9)4-7(14)8(15)11-2-3-12-13-10/h4-5H,2-3H2,1H3,(H,11,15). The van der Waals surface area contributed by atoms with Crippen molar-refractivity contribution in [2.45, 2.75) is 0 Å². The van der Waals surface area contributed by atoms with Gasteiger partial charge in [-0.3, -0.25) is 4.79 Å². The third-order valence-corrected chi connectivity index (χ3v) is 2.20. The molecule has 0 bridgehead atoms. The first-order valence-corrected chi connectivity index (χ1v) is 5.05. The molecule has 0 radical (unpaired) electrons. The van der Waals surface area contributed by atoms with Crippen LogP contribution in [0.25, 0.3) is 10.4 Å². The van der Waals surface area contributed by atoms with Crippen molar-refractivity contribution in [1.82, 2.24) is 9.88 Å². The van der Waals surface area contributed by atoms with Crippen molar-refractivity contribution in [3.05, 3.63) is 32.9 Å². The van der Waals surface area contributed by atoms with Gasteiger partial charge in [0.25, 0.3) is 5.91 Å². The van der Waals surface area contributed by atoms with E-state index in [1.54, 1.807) is 23.9 Å². The zero-order chi connectivity index (χ0) is 11.3. The highest BCUT2D eigenvalue weighted by molar-refractivity contribution is 9.10. The Bertz CT molecular complexity index is 407. The molecule has 0 atom stereocenters. The van der Waals surface area contributed by atoms with Crippen LogP contribution in [0.4, 0.5) is 0 Å². The van der Waals surface area contributed by atoms with Gasteiger partial charge in [-0.15, -0.1) is 0 Å². The van der Waals surface area contributed by atoms with Gasteiger partial charge in [-0.1, -0.05) is 5.11 Å². The van der Waals surface area contributed by atoms with Crippen molar-refractivity contribution >= 4 is 21.8 Å². The van der Waals surface area contributed by atoms with Gasteiger partial charge in [0, 0.05) is 35.7 Å². The van der Waals surface area contributed by atoms with Crippen molar-refractivity contribution in [1.29, 1.82) is 0 Å². The summed E-state index contributed by atoms with van der Waals surface area (Å²) < 4.78 is 2.57. The highest BCUT2D eigenvalue weighted by atomic mass is 79.9. The molecule has 1 aromatic rings. The maximum atomic E-state index is 11.6. The minimum Gasteiger partial charge on any atom is -0.351 e. The normalized spacial score (nSPS) is 9.47. The highest BCUT2D eigenvalue weighted by Gasteiger charge is 2.09. The van der Waals surface area contributed by atoms with Crippen LogP contribution < -0.4 is 5.32 Å². The average molecular weight is 272 g/mol. The van der Waals surface area contributed by atoms with Crippen LogP contribution in [0.3, 0.4) is 0 Å². The van der Waals surface area contributed by atoms with E-state index >= 15 is 0 Å². The quantitative estimate of drug-likeness (QED) is 0.385. The van der Waals surface area contributed by atoms with E-state index in [0.717, 1.165) is 4.47 Å². The molecule has 0 aliphatic carbocycles. The molecule has 0 unspecified atom stereocenters. The summed E-state index contributed by atoms with van der Waals surface area (Å²) in [6.07, 6.45) is 1.79. The van der Waals surface area contributed by atoms with E-state index in [4.69, 9.17) is 5.53 Å². The van der Waals surface area contributed by atoms with Gasteiger partial charge in [-0.25, -0.2) is 0 Å². The van der Waals surface area contributed by atoms with E-state index in [9.17, 15) is 4.79 Å². The Morgan fingerprint density at radius 1 is 1.80 bits per heavy atom. The number of amides is 1. The predicted octanol–water partition coefficient (Wildman–Crippen LogP) is 1.83. The zero-order valence-corrected chi connectivity index (χ0v) is 9.73. The second-order valence-electron chi connectivity index (χ2n) is 2.86. The number of azide groups is 1.